The summed E-state index contributed by atoms with van der Waals surface area (Å²) in [7, 11) is -2.78. The maximum absolute atomic E-state index is 13.5. The number of hydrogen-bond acceptors (Lipinski definition) is 10. The summed E-state index contributed by atoms with van der Waals surface area (Å²) in [4.78, 5) is 34.4. The van der Waals surface area contributed by atoms with Crippen LogP contribution < -0.4 is 10.2 Å². The highest BCUT2D eigenvalue weighted by Gasteiger charge is 2.55. The van der Waals surface area contributed by atoms with E-state index in [1.807, 2.05) is 0 Å². The van der Waals surface area contributed by atoms with Crippen molar-refractivity contribution in [2.24, 2.45) is 0 Å². The van der Waals surface area contributed by atoms with Gasteiger partial charge in [0.05, 0.1) is 30.1 Å². The average molecular weight is 542 g/mol. The molecule has 0 radical (unpaired) electrons. The smallest absolute Gasteiger partial charge is 0.410 e. The number of sulfonamides is 1. The number of aromatic nitrogens is 2. The van der Waals surface area contributed by atoms with Gasteiger partial charge < -0.3 is 14.2 Å². The third-order valence-electron chi connectivity index (χ3n) is 5.93. The third-order valence-corrected chi connectivity index (χ3v) is 7.97. The molecule has 0 aromatic carbocycles. The Morgan fingerprint density at radius 1 is 1.22 bits per heavy atom. The largest absolute Gasteiger partial charge is 0.447 e. The number of piperazine rings is 1. The van der Waals surface area contributed by atoms with Crippen molar-refractivity contribution in [3.8, 4) is 11.6 Å². The van der Waals surface area contributed by atoms with E-state index in [4.69, 9.17) is 25.8 Å². The first kappa shape index (κ1) is 26.0. The SMILES string of the molecule is COCCOC(=O)N1[C@@H]2CC[C@H]1[C@H](C(=O)NO)N(S(=O)(=O)c1ccc(Oc3cncc(Cl)c3)nc1)C2. The van der Waals surface area contributed by atoms with Crippen molar-refractivity contribution < 1.29 is 37.4 Å². The lowest BCUT2D eigenvalue weighted by molar-refractivity contribution is -0.136. The number of nitrogens with zero attached hydrogens (tertiary/aromatic N) is 4. The Kier molecular flexibility index (Phi) is 7.90. The highest BCUT2D eigenvalue weighted by atomic mass is 35.5. The molecule has 2 amide bonds. The Morgan fingerprint density at radius 3 is 2.69 bits per heavy atom. The zero-order valence-electron chi connectivity index (χ0n) is 19.1. The van der Waals surface area contributed by atoms with Gasteiger partial charge in [0.2, 0.25) is 15.9 Å². The summed E-state index contributed by atoms with van der Waals surface area (Å²) < 4.78 is 43.7. The van der Waals surface area contributed by atoms with E-state index in [2.05, 4.69) is 9.97 Å². The first-order valence-electron chi connectivity index (χ1n) is 10.9. The van der Waals surface area contributed by atoms with E-state index < -0.39 is 40.1 Å². The summed E-state index contributed by atoms with van der Waals surface area (Å²) in [5, 5.41) is 9.70. The number of hydroxylamine groups is 1. The lowest BCUT2D eigenvalue weighted by Crippen LogP contribution is -2.66. The minimum absolute atomic E-state index is 0.00941. The van der Waals surface area contributed by atoms with E-state index in [0.29, 0.717) is 23.6 Å². The van der Waals surface area contributed by atoms with E-state index in [0.717, 1.165) is 10.5 Å². The highest BCUT2D eigenvalue weighted by molar-refractivity contribution is 7.89. The summed E-state index contributed by atoms with van der Waals surface area (Å²) >= 11 is 5.89. The molecule has 2 N–H and O–H groups in total. The molecule has 194 valence electrons. The predicted octanol–water partition coefficient (Wildman–Crippen LogP) is 1.42. The zero-order valence-corrected chi connectivity index (χ0v) is 20.7. The van der Waals surface area contributed by atoms with Crippen LogP contribution in [0.1, 0.15) is 12.8 Å². The number of pyridine rings is 2. The van der Waals surface area contributed by atoms with Crippen molar-refractivity contribution in [1.82, 2.24) is 24.7 Å². The molecule has 15 heteroatoms. The fourth-order valence-corrected chi connectivity index (χ4v) is 6.15. The van der Waals surface area contributed by atoms with Crippen LogP contribution in [0.5, 0.6) is 11.6 Å². The van der Waals surface area contributed by atoms with Crippen LogP contribution in [0.15, 0.2) is 41.7 Å². The molecule has 0 unspecified atom stereocenters. The molecule has 0 saturated carbocycles. The lowest BCUT2D eigenvalue weighted by atomic mass is 10.1. The van der Waals surface area contributed by atoms with Crippen molar-refractivity contribution in [2.75, 3.05) is 26.9 Å². The molecule has 2 aliphatic rings. The molecule has 3 atom stereocenters. The molecule has 2 fully saturated rings. The van der Waals surface area contributed by atoms with Gasteiger partial charge in [-0.25, -0.2) is 23.7 Å². The van der Waals surface area contributed by atoms with Gasteiger partial charge in [-0.2, -0.15) is 4.31 Å². The summed E-state index contributed by atoms with van der Waals surface area (Å²) in [6.45, 7) is 0.0364. The molecule has 4 heterocycles. The second-order valence-corrected chi connectivity index (χ2v) is 10.4. The van der Waals surface area contributed by atoms with Crippen LogP contribution in [0.25, 0.3) is 0 Å². The van der Waals surface area contributed by atoms with Gasteiger partial charge in [0, 0.05) is 38.0 Å². The van der Waals surface area contributed by atoms with Gasteiger partial charge in [0.15, 0.2) is 0 Å². The van der Waals surface area contributed by atoms with E-state index in [9.17, 15) is 23.2 Å². The second kappa shape index (κ2) is 10.9. The van der Waals surface area contributed by atoms with Crippen LogP contribution in [-0.2, 0) is 24.3 Å². The molecule has 4 rings (SSSR count). The fraction of sp³-hybridized carbons (Fsp3) is 0.429. The maximum Gasteiger partial charge on any atom is 0.410 e. The van der Waals surface area contributed by atoms with Crippen LogP contribution in [0.4, 0.5) is 4.79 Å². The van der Waals surface area contributed by atoms with Gasteiger partial charge in [0.1, 0.15) is 23.3 Å². The number of carbonyl (C=O) groups excluding carboxylic acids is 2. The number of amides is 2. The molecule has 2 bridgehead atoms. The molecular formula is C21H24ClN5O8S. The van der Waals surface area contributed by atoms with Gasteiger partial charge in [-0.3, -0.25) is 19.9 Å². The van der Waals surface area contributed by atoms with Crippen molar-refractivity contribution in [3.63, 3.8) is 0 Å². The van der Waals surface area contributed by atoms with E-state index in [-0.39, 0.29) is 30.5 Å². The first-order chi connectivity index (χ1) is 17.3. The summed E-state index contributed by atoms with van der Waals surface area (Å²) in [5.74, 6) is -0.540. The van der Waals surface area contributed by atoms with Gasteiger partial charge in [-0.15, -0.1) is 0 Å². The number of halogens is 1. The summed E-state index contributed by atoms with van der Waals surface area (Å²) in [6, 6.07) is 1.46. The van der Waals surface area contributed by atoms with Crippen molar-refractivity contribution >= 4 is 33.6 Å². The van der Waals surface area contributed by atoms with Crippen molar-refractivity contribution in [1.29, 1.82) is 0 Å². The van der Waals surface area contributed by atoms with Crippen molar-refractivity contribution in [3.05, 3.63) is 41.8 Å². The van der Waals surface area contributed by atoms with Crippen LogP contribution >= 0.6 is 11.6 Å². The number of carbonyl (C=O) groups is 2. The second-order valence-electron chi connectivity index (χ2n) is 8.08. The Labute approximate surface area is 211 Å². The first-order valence-corrected chi connectivity index (χ1v) is 12.7. The lowest BCUT2D eigenvalue weighted by Gasteiger charge is -2.44. The maximum atomic E-state index is 13.5. The monoisotopic (exact) mass is 541 g/mol. The molecule has 2 saturated heterocycles. The minimum atomic E-state index is -4.25. The molecule has 2 aromatic heterocycles. The average Bonchev–Trinajstić information content (AvgIpc) is 3.17. The topological polar surface area (TPSA) is 160 Å². The van der Waals surface area contributed by atoms with E-state index >= 15 is 0 Å². The highest BCUT2D eigenvalue weighted by Crippen LogP contribution is 2.38. The molecule has 2 aromatic rings. The molecule has 0 spiro atoms. The van der Waals surface area contributed by atoms with Crippen LogP contribution in [0, 0.1) is 0 Å². The number of hydrogen-bond donors (Lipinski definition) is 2. The Balaban J connectivity index is 1.57. The Morgan fingerprint density at radius 2 is 2.03 bits per heavy atom. The van der Waals surface area contributed by atoms with Crippen molar-refractivity contribution in [2.45, 2.75) is 35.9 Å². The number of ether oxygens (including phenoxy) is 3. The normalized spacial score (nSPS) is 21.8. The quantitative estimate of drug-likeness (QED) is 0.284. The number of methoxy groups -OCH3 is 1. The van der Waals surface area contributed by atoms with Crippen LogP contribution in [-0.4, -0.2) is 89.8 Å². The van der Waals surface area contributed by atoms with Gasteiger partial charge >= 0.3 is 6.09 Å². The molecule has 13 nitrogen and oxygen atoms in total. The third kappa shape index (κ3) is 5.22. The summed E-state index contributed by atoms with van der Waals surface area (Å²) in [5.41, 5.74) is 1.53. The van der Waals surface area contributed by atoms with Gasteiger partial charge in [-0.05, 0) is 18.9 Å². The molecular weight excluding hydrogens is 518 g/mol. The molecule has 0 aliphatic carbocycles. The predicted molar refractivity (Wildman–Crippen MR) is 123 cm³/mol. The van der Waals surface area contributed by atoms with Gasteiger partial charge in [0.25, 0.3) is 5.91 Å². The van der Waals surface area contributed by atoms with Gasteiger partial charge in [-0.1, -0.05) is 11.6 Å². The number of nitrogens with one attached hydrogen (secondary N) is 1. The summed E-state index contributed by atoms with van der Waals surface area (Å²) in [6.07, 6.45) is 4.10. The Bertz CT molecular complexity index is 1220. The molecule has 2 aliphatic heterocycles. The molecule has 36 heavy (non-hydrogen) atoms. The number of fused-ring (bicyclic) bond motifs is 2. The zero-order chi connectivity index (χ0) is 25.9. The Hall–Kier alpha value is -3.04. The number of rotatable bonds is 8. The van der Waals surface area contributed by atoms with E-state index in [1.54, 1.807) is 0 Å². The fourth-order valence-electron chi connectivity index (χ4n) is 4.39. The minimum Gasteiger partial charge on any atom is -0.447 e. The standard InChI is InChI=1S/C21H24ClN5O8S/c1-33-6-7-34-21(29)27-14-2-4-17(27)19(20(28)25-30)26(12-14)36(31,32)16-3-5-18(24-11-16)35-15-8-13(22)9-23-10-15/h3,5,8-11,14,17,19,30H,2,4,6-7,12H2,1H3,(H,25,28)/t14-,17+,19-/m1/s1. The van der Waals surface area contributed by atoms with E-state index in [1.165, 1.54) is 48.1 Å². The van der Waals surface area contributed by atoms with Crippen LogP contribution in [0.3, 0.4) is 0 Å². The van der Waals surface area contributed by atoms with Crippen LogP contribution in [0.2, 0.25) is 5.02 Å².